The van der Waals surface area contributed by atoms with Gasteiger partial charge in [-0.25, -0.2) is 9.02 Å². The first-order valence-electron chi connectivity index (χ1n) is 10.8. The molecule has 34 heavy (non-hydrogen) atoms. The summed E-state index contributed by atoms with van der Waals surface area (Å²) in [6.07, 6.45) is 3.00. The lowest BCUT2D eigenvalue weighted by atomic mass is 9.89. The first-order valence-corrected chi connectivity index (χ1v) is 11.2. The first-order chi connectivity index (χ1) is 16.4. The predicted molar refractivity (Wildman–Crippen MR) is 126 cm³/mol. The van der Waals surface area contributed by atoms with E-state index in [1.165, 1.54) is 22.9 Å². The molecule has 1 amide bonds. The van der Waals surface area contributed by atoms with Crippen LogP contribution in [0.3, 0.4) is 0 Å². The predicted octanol–water partition coefficient (Wildman–Crippen LogP) is 4.48. The number of piperidine rings is 1. The van der Waals surface area contributed by atoms with Gasteiger partial charge >= 0.3 is 0 Å². The zero-order valence-corrected chi connectivity index (χ0v) is 19.1. The van der Waals surface area contributed by atoms with Gasteiger partial charge in [0.1, 0.15) is 16.4 Å². The third kappa shape index (κ3) is 4.03. The minimum Gasteiger partial charge on any atom is -0.352 e. The average molecular weight is 482 g/mol. The Morgan fingerprint density at radius 3 is 2.62 bits per heavy atom. The number of anilines is 2. The molecule has 0 saturated carbocycles. The van der Waals surface area contributed by atoms with Crippen molar-refractivity contribution < 1.29 is 13.8 Å². The van der Waals surface area contributed by atoms with Crippen molar-refractivity contribution in [3.63, 3.8) is 0 Å². The number of aromatic nitrogens is 3. The van der Waals surface area contributed by atoms with Crippen LogP contribution in [0.1, 0.15) is 34.7 Å². The molecule has 1 aliphatic heterocycles. The zero-order chi connectivity index (χ0) is 23.8. The molecule has 0 spiro atoms. The molecule has 8 nitrogen and oxygen atoms in total. The SMILES string of the molecule is Cn1cc(C(=O)N2CCC(c3ccc(F)cc3)CC2)c(Nc2cccc3nonc23)c(Cl)c1=O. The molecule has 1 saturated heterocycles. The fraction of sp³-hybridized carbons (Fsp3) is 0.250. The molecule has 0 aliphatic carbocycles. The number of likely N-dealkylation sites (tertiary alicyclic amines) is 1. The molecule has 4 aromatic rings. The monoisotopic (exact) mass is 481 g/mol. The minimum atomic E-state index is -0.429. The first kappa shape index (κ1) is 22.1. The highest BCUT2D eigenvalue weighted by Crippen LogP contribution is 2.33. The molecule has 5 rings (SSSR count). The topological polar surface area (TPSA) is 93.3 Å². The van der Waals surface area contributed by atoms with E-state index in [1.54, 1.807) is 42.3 Å². The van der Waals surface area contributed by atoms with E-state index in [9.17, 15) is 14.0 Å². The maximum absolute atomic E-state index is 13.5. The molecule has 1 fully saturated rings. The van der Waals surface area contributed by atoms with Gasteiger partial charge in [0, 0.05) is 26.3 Å². The van der Waals surface area contributed by atoms with E-state index in [0.29, 0.717) is 29.8 Å². The molecule has 0 atom stereocenters. The van der Waals surface area contributed by atoms with Gasteiger partial charge in [0.2, 0.25) is 0 Å². The maximum atomic E-state index is 13.5. The highest BCUT2D eigenvalue weighted by molar-refractivity contribution is 6.34. The van der Waals surface area contributed by atoms with E-state index in [2.05, 4.69) is 15.6 Å². The summed E-state index contributed by atoms with van der Waals surface area (Å²) in [4.78, 5) is 27.9. The number of fused-ring (bicyclic) bond motifs is 1. The molecule has 2 aromatic carbocycles. The molecule has 174 valence electrons. The van der Waals surface area contributed by atoms with Crippen LogP contribution in [0.25, 0.3) is 11.0 Å². The van der Waals surface area contributed by atoms with Crippen molar-refractivity contribution >= 4 is 39.9 Å². The number of pyridine rings is 1. The van der Waals surface area contributed by atoms with Crippen LogP contribution >= 0.6 is 11.6 Å². The molecular formula is C24H21ClFN5O3. The Morgan fingerprint density at radius 1 is 1.15 bits per heavy atom. The summed E-state index contributed by atoms with van der Waals surface area (Å²) in [6, 6.07) is 11.7. The number of aryl methyl sites for hydroxylation is 1. The Labute approximate surface area is 198 Å². The minimum absolute atomic E-state index is 0.0944. The maximum Gasteiger partial charge on any atom is 0.271 e. The molecule has 1 N–H and O–H groups in total. The van der Waals surface area contributed by atoms with E-state index >= 15 is 0 Å². The molecule has 0 unspecified atom stereocenters. The van der Waals surface area contributed by atoms with E-state index in [0.717, 1.165) is 18.4 Å². The molecule has 2 aromatic heterocycles. The number of nitrogens with zero attached hydrogens (tertiary/aromatic N) is 4. The second-order valence-corrected chi connectivity index (χ2v) is 8.71. The van der Waals surface area contributed by atoms with Gasteiger partial charge in [-0.3, -0.25) is 9.59 Å². The fourth-order valence-electron chi connectivity index (χ4n) is 4.34. The van der Waals surface area contributed by atoms with E-state index in [4.69, 9.17) is 16.2 Å². The molecule has 0 bridgehead atoms. The van der Waals surface area contributed by atoms with Crippen LogP contribution in [0.15, 0.2) is 58.1 Å². The summed E-state index contributed by atoms with van der Waals surface area (Å²) in [6.45, 7) is 1.06. The second kappa shape index (κ2) is 8.90. The van der Waals surface area contributed by atoms with Gasteiger partial charge in [-0.1, -0.05) is 29.8 Å². The number of carbonyl (C=O) groups excluding carboxylic acids is 1. The van der Waals surface area contributed by atoms with Crippen molar-refractivity contribution in [3.8, 4) is 0 Å². The quantitative estimate of drug-likeness (QED) is 0.462. The van der Waals surface area contributed by atoms with Crippen LogP contribution in [0.4, 0.5) is 15.8 Å². The largest absolute Gasteiger partial charge is 0.352 e. The Hall–Kier alpha value is -3.72. The molecule has 0 radical (unpaired) electrons. The third-order valence-electron chi connectivity index (χ3n) is 6.22. The van der Waals surface area contributed by atoms with Gasteiger partial charge < -0.3 is 14.8 Å². The van der Waals surface area contributed by atoms with Gasteiger partial charge in [-0.2, -0.15) is 0 Å². The summed E-state index contributed by atoms with van der Waals surface area (Å²) in [7, 11) is 1.55. The zero-order valence-electron chi connectivity index (χ0n) is 18.3. The van der Waals surface area contributed by atoms with Crippen molar-refractivity contribution in [2.24, 2.45) is 7.05 Å². The molecule has 3 heterocycles. The summed E-state index contributed by atoms with van der Waals surface area (Å²) < 4.78 is 19.4. The number of halogens is 2. The number of rotatable bonds is 4. The Morgan fingerprint density at radius 2 is 1.88 bits per heavy atom. The lowest BCUT2D eigenvalue weighted by molar-refractivity contribution is 0.0713. The Kier molecular flexibility index (Phi) is 5.79. The van der Waals surface area contributed by atoms with Crippen molar-refractivity contribution in [1.82, 2.24) is 19.8 Å². The molecule has 10 heteroatoms. The summed E-state index contributed by atoms with van der Waals surface area (Å²) >= 11 is 6.42. The van der Waals surface area contributed by atoms with Crippen LogP contribution in [-0.2, 0) is 7.05 Å². The van der Waals surface area contributed by atoms with Crippen LogP contribution in [0.2, 0.25) is 5.02 Å². The summed E-state index contributed by atoms with van der Waals surface area (Å²) in [5.74, 6) is -0.244. The number of benzene rings is 2. The van der Waals surface area contributed by atoms with Crippen LogP contribution in [0.5, 0.6) is 0 Å². The average Bonchev–Trinajstić information content (AvgIpc) is 3.34. The Balaban J connectivity index is 1.43. The normalized spacial score (nSPS) is 14.5. The van der Waals surface area contributed by atoms with Crippen molar-refractivity contribution in [2.75, 3.05) is 18.4 Å². The number of amides is 1. The Bertz CT molecular complexity index is 1430. The third-order valence-corrected chi connectivity index (χ3v) is 6.57. The van der Waals surface area contributed by atoms with E-state index in [1.807, 2.05) is 0 Å². The van der Waals surface area contributed by atoms with Gasteiger partial charge in [-0.05, 0) is 58.9 Å². The fourth-order valence-corrected chi connectivity index (χ4v) is 4.63. The van der Waals surface area contributed by atoms with Gasteiger partial charge in [0.05, 0.1) is 16.9 Å². The van der Waals surface area contributed by atoms with Crippen LogP contribution in [0, 0.1) is 5.82 Å². The number of carbonyl (C=O) groups is 1. The van der Waals surface area contributed by atoms with E-state index in [-0.39, 0.29) is 33.9 Å². The molecule has 1 aliphatic rings. The summed E-state index contributed by atoms with van der Waals surface area (Å²) in [5, 5.41) is 10.7. The van der Waals surface area contributed by atoms with Crippen LogP contribution in [-0.4, -0.2) is 38.8 Å². The van der Waals surface area contributed by atoms with Crippen molar-refractivity contribution in [2.45, 2.75) is 18.8 Å². The number of hydrogen-bond donors (Lipinski definition) is 1. The van der Waals surface area contributed by atoms with Gasteiger partial charge in [-0.15, -0.1) is 0 Å². The van der Waals surface area contributed by atoms with E-state index < -0.39 is 5.56 Å². The summed E-state index contributed by atoms with van der Waals surface area (Å²) in [5.41, 5.74) is 2.62. The smallest absolute Gasteiger partial charge is 0.271 e. The van der Waals surface area contributed by atoms with Gasteiger partial charge in [0.15, 0.2) is 5.52 Å². The molecular weight excluding hydrogens is 461 g/mol. The lowest BCUT2D eigenvalue weighted by Gasteiger charge is -2.33. The highest BCUT2D eigenvalue weighted by Gasteiger charge is 2.28. The van der Waals surface area contributed by atoms with Crippen molar-refractivity contribution in [1.29, 1.82) is 0 Å². The number of nitrogens with one attached hydrogen (secondary N) is 1. The van der Waals surface area contributed by atoms with Crippen molar-refractivity contribution in [3.05, 3.63) is 81.0 Å². The van der Waals surface area contributed by atoms with Crippen LogP contribution < -0.4 is 10.9 Å². The van der Waals surface area contributed by atoms with Gasteiger partial charge in [0.25, 0.3) is 11.5 Å². The second-order valence-electron chi connectivity index (χ2n) is 8.33. The standard InChI is InChI=1S/C24H21ClFN5O3/c1-30-13-17(23(32)31-11-9-15(10-12-31)14-5-7-16(26)8-6-14)21(20(25)24(30)33)27-18-3-2-4-19-22(18)29-34-28-19/h2-8,13,15,27H,9-12H2,1H3. The highest BCUT2D eigenvalue weighted by atomic mass is 35.5. The lowest BCUT2D eigenvalue weighted by Crippen LogP contribution is -2.39. The number of hydrogen-bond acceptors (Lipinski definition) is 6.